The maximum Gasteiger partial charge on any atom is 0.243 e. The molecule has 3 amide bonds. The third-order valence-electron chi connectivity index (χ3n) is 6.05. The normalized spacial score (nSPS) is 26.1. The lowest BCUT2D eigenvalue weighted by Crippen LogP contribution is -2.61. The summed E-state index contributed by atoms with van der Waals surface area (Å²) >= 11 is 0. The zero-order valence-corrected chi connectivity index (χ0v) is 20.3. The lowest BCUT2D eigenvalue weighted by molar-refractivity contribution is -0.146. The topological polar surface area (TPSA) is 148 Å². The van der Waals surface area contributed by atoms with Gasteiger partial charge < -0.3 is 15.5 Å². The van der Waals surface area contributed by atoms with Crippen molar-refractivity contribution < 1.29 is 22.8 Å². The highest BCUT2D eigenvalue weighted by molar-refractivity contribution is 7.88. The highest BCUT2D eigenvalue weighted by atomic mass is 32.2. The minimum Gasteiger partial charge on any atom is -0.356 e. The predicted octanol–water partition coefficient (Wildman–Crippen LogP) is 0.112. The number of hydrogen-bond acceptors (Lipinski definition) is 6. The van der Waals surface area contributed by atoms with Gasteiger partial charge in [-0.15, -0.1) is 0 Å². The molecule has 0 aromatic heterocycles. The van der Waals surface area contributed by atoms with Gasteiger partial charge in [0.05, 0.1) is 12.3 Å². The van der Waals surface area contributed by atoms with E-state index in [-0.39, 0.29) is 24.2 Å². The number of carbonyl (C=O) groups is 3. The van der Waals surface area contributed by atoms with Crippen LogP contribution in [0.1, 0.15) is 53.4 Å². The molecule has 0 aliphatic carbocycles. The molecule has 0 bridgehead atoms. The molecule has 2 heterocycles. The number of likely N-dealkylation sites (tertiary alicyclic amines) is 1. The molecule has 2 saturated heterocycles. The van der Waals surface area contributed by atoms with Crippen molar-refractivity contribution in [3.05, 3.63) is 0 Å². The Morgan fingerprint density at radius 3 is 2.47 bits per heavy atom. The Bertz CT molecular complexity index is 876. The van der Waals surface area contributed by atoms with Gasteiger partial charge in [0.25, 0.3) is 0 Å². The van der Waals surface area contributed by atoms with Crippen LogP contribution in [0.5, 0.6) is 0 Å². The summed E-state index contributed by atoms with van der Waals surface area (Å²) in [5.41, 5.74) is -0.713. The first-order chi connectivity index (χ1) is 14.7. The van der Waals surface area contributed by atoms with E-state index < -0.39 is 45.4 Å². The van der Waals surface area contributed by atoms with Crippen LogP contribution in [-0.2, 0) is 24.4 Å². The molecule has 5 atom stereocenters. The predicted molar refractivity (Wildman–Crippen MR) is 118 cm³/mol. The maximum absolute atomic E-state index is 13.4. The molecular weight excluding hydrogens is 434 g/mol. The molecular formula is C21H35N5O5S. The van der Waals surface area contributed by atoms with Gasteiger partial charge in [-0.05, 0) is 37.0 Å². The fourth-order valence-corrected chi connectivity index (χ4v) is 5.08. The van der Waals surface area contributed by atoms with Crippen LogP contribution >= 0.6 is 0 Å². The Morgan fingerprint density at radius 2 is 1.97 bits per heavy atom. The number of rotatable bonds is 7. The molecule has 10 nitrogen and oxygen atoms in total. The highest BCUT2D eigenvalue weighted by Crippen LogP contribution is 2.28. The van der Waals surface area contributed by atoms with E-state index in [9.17, 15) is 28.1 Å². The van der Waals surface area contributed by atoms with E-state index in [1.54, 1.807) is 20.8 Å². The first-order valence-electron chi connectivity index (χ1n) is 11.0. The number of hydrogen-bond donors (Lipinski definition) is 3. The summed E-state index contributed by atoms with van der Waals surface area (Å²) in [4.78, 5) is 39.8. The van der Waals surface area contributed by atoms with Gasteiger partial charge in [0.2, 0.25) is 27.7 Å². The van der Waals surface area contributed by atoms with E-state index in [2.05, 4.69) is 15.4 Å². The highest BCUT2D eigenvalue weighted by Gasteiger charge is 2.42. The van der Waals surface area contributed by atoms with Gasteiger partial charge in [-0.1, -0.05) is 27.7 Å². The Hall–Kier alpha value is -2.19. The monoisotopic (exact) mass is 469 g/mol. The van der Waals surface area contributed by atoms with Crippen molar-refractivity contribution in [3.63, 3.8) is 0 Å². The van der Waals surface area contributed by atoms with Crippen molar-refractivity contribution in [2.24, 2.45) is 17.3 Å². The van der Waals surface area contributed by atoms with Gasteiger partial charge in [0.15, 0.2) is 0 Å². The smallest absolute Gasteiger partial charge is 0.243 e. The second-order valence-corrected chi connectivity index (χ2v) is 11.8. The van der Waals surface area contributed by atoms with Crippen LogP contribution in [0.2, 0.25) is 0 Å². The fourth-order valence-electron chi connectivity index (χ4n) is 4.20. The molecule has 0 aromatic rings. The van der Waals surface area contributed by atoms with Crippen LogP contribution in [-0.4, -0.2) is 68.5 Å². The van der Waals surface area contributed by atoms with Crippen molar-refractivity contribution in [3.8, 4) is 6.07 Å². The third-order valence-corrected chi connectivity index (χ3v) is 6.71. The first kappa shape index (κ1) is 26.1. The second kappa shape index (κ2) is 10.2. The Labute approximate surface area is 190 Å². The van der Waals surface area contributed by atoms with Gasteiger partial charge >= 0.3 is 0 Å². The molecule has 2 fully saturated rings. The summed E-state index contributed by atoms with van der Waals surface area (Å²) < 4.78 is 26.2. The fraction of sp³-hybridized carbons (Fsp3) is 0.810. The first-order valence-corrected chi connectivity index (χ1v) is 12.9. The molecule has 2 aliphatic heterocycles. The zero-order valence-electron chi connectivity index (χ0n) is 19.5. The van der Waals surface area contributed by atoms with Crippen molar-refractivity contribution >= 4 is 27.7 Å². The Morgan fingerprint density at radius 1 is 1.31 bits per heavy atom. The minimum absolute atomic E-state index is 0.123. The Balaban J connectivity index is 2.20. The van der Waals surface area contributed by atoms with E-state index >= 15 is 0 Å². The SMILES string of the molecule is C[C@@H]1CCN(C(=O)C(NS(C)(=O)=O)C(C)(C)C)[C@H](C(=O)NC(C#N)C[C@@H]2CCNC2=O)C1. The van der Waals surface area contributed by atoms with Crippen LogP contribution in [0.3, 0.4) is 0 Å². The minimum atomic E-state index is -3.66. The zero-order chi connectivity index (χ0) is 24.3. The van der Waals surface area contributed by atoms with Crippen LogP contribution in [0.15, 0.2) is 0 Å². The standard InChI is InChI=1S/C21H35N5O5S/c1-13-7-9-26(20(29)17(21(2,3)4)25-32(5,30)31)16(10-13)19(28)24-15(12-22)11-14-6-8-23-18(14)27/h13-17,25H,6-11H2,1-5H3,(H,23,27)(H,24,28)/t13-,14+,15?,16+,17?/m1/s1. The number of sulfonamides is 1. The molecule has 0 saturated carbocycles. The number of piperidine rings is 1. The average molecular weight is 470 g/mol. The summed E-state index contributed by atoms with van der Waals surface area (Å²) in [5.74, 6) is -1.18. The molecule has 2 rings (SSSR count). The van der Waals surface area contributed by atoms with E-state index in [1.807, 2.05) is 13.0 Å². The van der Waals surface area contributed by atoms with Crippen LogP contribution < -0.4 is 15.4 Å². The summed E-state index contributed by atoms with van der Waals surface area (Å²) in [6, 6.07) is -0.650. The number of nitrogens with one attached hydrogen (secondary N) is 3. The summed E-state index contributed by atoms with van der Waals surface area (Å²) in [6.45, 7) is 8.13. The summed E-state index contributed by atoms with van der Waals surface area (Å²) in [7, 11) is -3.66. The molecule has 0 aromatic carbocycles. The van der Waals surface area contributed by atoms with E-state index in [0.717, 1.165) is 6.26 Å². The number of amides is 3. The molecule has 2 aliphatic rings. The molecule has 3 N–H and O–H groups in total. The van der Waals surface area contributed by atoms with Gasteiger partial charge in [-0.3, -0.25) is 14.4 Å². The number of nitrogens with zero attached hydrogens (tertiary/aromatic N) is 2. The molecule has 11 heteroatoms. The quantitative estimate of drug-likeness (QED) is 0.482. The average Bonchev–Trinajstić information content (AvgIpc) is 3.08. The maximum atomic E-state index is 13.4. The molecule has 2 unspecified atom stereocenters. The lowest BCUT2D eigenvalue weighted by Gasteiger charge is -2.42. The Kier molecular flexibility index (Phi) is 8.28. The largest absolute Gasteiger partial charge is 0.356 e. The molecule has 180 valence electrons. The van der Waals surface area contributed by atoms with E-state index in [0.29, 0.717) is 32.4 Å². The van der Waals surface area contributed by atoms with Gasteiger partial charge in [0.1, 0.15) is 18.1 Å². The van der Waals surface area contributed by atoms with Crippen LogP contribution in [0.4, 0.5) is 0 Å². The van der Waals surface area contributed by atoms with Gasteiger partial charge in [-0.25, -0.2) is 13.1 Å². The number of nitriles is 1. The second-order valence-electron chi connectivity index (χ2n) is 10.1. The number of carbonyl (C=O) groups excluding carboxylic acids is 3. The van der Waals surface area contributed by atoms with E-state index in [4.69, 9.17) is 0 Å². The summed E-state index contributed by atoms with van der Waals surface area (Å²) in [5, 5.41) is 14.9. The van der Waals surface area contributed by atoms with Crippen LogP contribution in [0, 0.1) is 28.6 Å². The molecule has 0 spiro atoms. The van der Waals surface area contributed by atoms with Crippen molar-refractivity contribution in [2.45, 2.75) is 71.5 Å². The lowest BCUT2D eigenvalue weighted by atomic mass is 9.84. The van der Waals surface area contributed by atoms with Crippen molar-refractivity contribution in [2.75, 3.05) is 19.3 Å². The molecule has 32 heavy (non-hydrogen) atoms. The molecule has 0 radical (unpaired) electrons. The van der Waals surface area contributed by atoms with Crippen molar-refractivity contribution in [1.82, 2.24) is 20.3 Å². The van der Waals surface area contributed by atoms with Gasteiger partial charge in [-0.2, -0.15) is 5.26 Å². The van der Waals surface area contributed by atoms with Gasteiger partial charge in [0, 0.05) is 19.0 Å². The third kappa shape index (κ3) is 6.90. The van der Waals surface area contributed by atoms with E-state index in [1.165, 1.54) is 4.90 Å². The van der Waals surface area contributed by atoms with Crippen LogP contribution in [0.25, 0.3) is 0 Å². The summed E-state index contributed by atoms with van der Waals surface area (Å²) in [6.07, 6.45) is 2.93. The van der Waals surface area contributed by atoms with Crippen molar-refractivity contribution in [1.29, 1.82) is 5.26 Å².